The van der Waals surface area contributed by atoms with Crippen LogP contribution in [0.3, 0.4) is 0 Å². The summed E-state index contributed by atoms with van der Waals surface area (Å²) in [7, 11) is 0. The maximum absolute atomic E-state index is 12.5. The zero-order valence-corrected chi connectivity index (χ0v) is 14.1. The maximum Gasteiger partial charge on any atom is 0.161 e. The molecule has 1 unspecified atom stereocenters. The first kappa shape index (κ1) is 15.9. The van der Waals surface area contributed by atoms with Gasteiger partial charge in [-0.15, -0.1) is 11.8 Å². The molecule has 0 aromatic heterocycles. The van der Waals surface area contributed by atoms with Gasteiger partial charge in [-0.3, -0.25) is 4.79 Å². The average molecular weight is 324 g/mol. The first-order valence-corrected chi connectivity index (χ1v) is 9.07. The molecule has 0 radical (unpaired) electrons. The fourth-order valence-electron chi connectivity index (χ4n) is 3.35. The lowest BCUT2D eigenvalue weighted by Gasteiger charge is -2.33. The second-order valence-electron chi connectivity index (χ2n) is 5.82. The highest BCUT2D eigenvalue weighted by molar-refractivity contribution is 8.03. The highest BCUT2D eigenvalue weighted by atomic mass is 32.2. The summed E-state index contributed by atoms with van der Waals surface area (Å²) in [5.41, 5.74) is 3.77. The molecule has 3 nitrogen and oxygen atoms in total. The van der Waals surface area contributed by atoms with Crippen LogP contribution in [-0.2, 0) is 11.2 Å². The molecule has 0 fully saturated rings. The molecule has 0 spiro atoms. The minimum atomic E-state index is -0.111. The van der Waals surface area contributed by atoms with E-state index >= 15 is 0 Å². The molecule has 0 amide bonds. The van der Waals surface area contributed by atoms with E-state index < -0.39 is 0 Å². The third kappa shape index (κ3) is 3.20. The molecule has 3 rings (SSSR count). The highest BCUT2D eigenvalue weighted by Gasteiger charge is 2.35. The van der Waals surface area contributed by atoms with Gasteiger partial charge in [0.05, 0.1) is 16.7 Å². The van der Waals surface area contributed by atoms with Crippen LogP contribution in [0.5, 0.6) is 0 Å². The standard InChI is InChI=1S/C19H20N2OS/c1-2-23-19-15(12-20)14(11-13-7-4-3-5-8-13)18-16(21-19)9-6-10-17(18)22/h3-5,7-8,14,21H,2,6,9-11H2,1H3. The van der Waals surface area contributed by atoms with Gasteiger partial charge in [0.1, 0.15) is 0 Å². The van der Waals surface area contributed by atoms with Gasteiger partial charge in [0.25, 0.3) is 0 Å². The summed E-state index contributed by atoms with van der Waals surface area (Å²) >= 11 is 1.66. The maximum atomic E-state index is 12.5. The fraction of sp³-hybridized carbons (Fsp3) is 0.368. The third-order valence-corrected chi connectivity index (χ3v) is 5.25. The zero-order valence-electron chi connectivity index (χ0n) is 13.3. The van der Waals surface area contributed by atoms with Crippen molar-refractivity contribution in [3.8, 4) is 6.07 Å². The summed E-state index contributed by atoms with van der Waals surface area (Å²) in [4.78, 5) is 12.5. The van der Waals surface area contributed by atoms with Gasteiger partial charge in [0.2, 0.25) is 0 Å². The second kappa shape index (κ2) is 7.06. The summed E-state index contributed by atoms with van der Waals surface area (Å²) in [6.07, 6.45) is 3.11. The van der Waals surface area contributed by atoms with E-state index in [1.54, 1.807) is 11.8 Å². The first-order valence-electron chi connectivity index (χ1n) is 8.08. The van der Waals surface area contributed by atoms with Crippen LogP contribution >= 0.6 is 11.8 Å². The largest absolute Gasteiger partial charge is 0.352 e. The van der Waals surface area contributed by atoms with Gasteiger partial charge in [-0.25, -0.2) is 0 Å². The van der Waals surface area contributed by atoms with Crippen LogP contribution in [0, 0.1) is 17.2 Å². The second-order valence-corrected chi connectivity index (χ2v) is 7.10. The topological polar surface area (TPSA) is 52.9 Å². The lowest BCUT2D eigenvalue weighted by molar-refractivity contribution is -0.116. The number of nitrogens with one attached hydrogen (secondary N) is 1. The summed E-state index contributed by atoms with van der Waals surface area (Å²) in [6.45, 7) is 2.08. The molecule has 0 saturated carbocycles. The minimum Gasteiger partial charge on any atom is -0.352 e. The van der Waals surface area contributed by atoms with Crippen LogP contribution in [0.2, 0.25) is 0 Å². The lowest BCUT2D eigenvalue weighted by atomic mass is 9.77. The predicted molar refractivity (Wildman–Crippen MR) is 93.4 cm³/mol. The molecule has 1 aliphatic heterocycles. The molecule has 118 valence electrons. The van der Waals surface area contributed by atoms with Crippen molar-refractivity contribution in [2.75, 3.05) is 5.75 Å². The number of rotatable bonds is 4. The van der Waals surface area contributed by atoms with Crippen molar-refractivity contribution in [1.29, 1.82) is 5.26 Å². The van der Waals surface area contributed by atoms with E-state index in [9.17, 15) is 10.1 Å². The normalized spacial score (nSPS) is 20.9. The number of allylic oxidation sites excluding steroid dienone is 3. The predicted octanol–water partition coefficient (Wildman–Crippen LogP) is 3.94. The Morgan fingerprint density at radius 1 is 1.30 bits per heavy atom. The van der Waals surface area contributed by atoms with Crippen molar-refractivity contribution < 1.29 is 4.79 Å². The Balaban J connectivity index is 2.03. The Labute approximate surface area is 141 Å². The summed E-state index contributed by atoms with van der Waals surface area (Å²) in [6, 6.07) is 12.5. The van der Waals surface area contributed by atoms with Gasteiger partial charge in [0, 0.05) is 23.6 Å². The van der Waals surface area contributed by atoms with Gasteiger partial charge in [-0.05, 0) is 30.6 Å². The SMILES string of the molecule is CCSC1=C(C#N)C(Cc2ccccc2)C2=C(CCCC2=O)N1. The molecule has 1 N–H and O–H groups in total. The van der Waals surface area contributed by atoms with Gasteiger partial charge >= 0.3 is 0 Å². The Bertz CT molecular complexity index is 713. The molecule has 1 aliphatic carbocycles. The van der Waals surface area contributed by atoms with E-state index in [0.717, 1.165) is 40.5 Å². The smallest absolute Gasteiger partial charge is 0.161 e. The average Bonchev–Trinajstić information content (AvgIpc) is 2.56. The van der Waals surface area contributed by atoms with Crippen molar-refractivity contribution in [3.63, 3.8) is 0 Å². The number of hydrogen-bond acceptors (Lipinski definition) is 4. The van der Waals surface area contributed by atoms with Crippen LogP contribution in [0.4, 0.5) is 0 Å². The number of carbonyl (C=O) groups is 1. The lowest BCUT2D eigenvalue weighted by Crippen LogP contribution is -2.33. The number of benzene rings is 1. The Hall–Kier alpha value is -1.99. The van der Waals surface area contributed by atoms with Crippen LogP contribution < -0.4 is 5.32 Å². The number of hydrogen-bond donors (Lipinski definition) is 1. The molecular formula is C19H20N2OS. The zero-order chi connectivity index (χ0) is 16.2. The number of nitriles is 1. The number of nitrogens with zero attached hydrogens (tertiary/aromatic N) is 1. The Morgan fingerprint density at radius 3 is 2.78 bits per heavy atom. The van der Waals surface area contributed by atoms with Crippen LogP contribution in [-0.4, -0.2) is 11.5 Å². The highest BCUT2D eigenvalue weighted by Crippen LogP contribution is 2.39. The molecule has 1 aromatic rings. The van der Waals surface area contributed by atoms with Gasteiger partial charge in [0.15, 0.2) is 5.78 Å². The van der Waals surface area contributed by atoms with E-state index in [4.69, 9.17) is 0 Å². The number of ketones is 1. The van der Waals surface area contributed by atoms with Crippen molar-refractivity contribution >= 4 is 17.5 Å². The van der Waals surface area contributed by atoms with E-state index in [-0.39, 0.29) is 11.7 Å². The van der Waals surface area contributed by atoms with E-state index in [2.05, 4.69) is 30.4 Å². The van der Waals surface area contributed by atoms with Gasteiger partial charge in [-0.2, -0.15) is 5.26 Å². The molecule has 23 heavy (non-hydrogen) atoms. The van der Waals surface area contributed by atoms with Crippen LogP contribution in [0.25, 0.3) is 0 Å². The van der Waals surface area contributed by atoms with E-state index in [1.807, 2.05) is 18.2 Å². The molecule has 0 saturated heterocycles. The number of thioether (sulfide) groups is 1. The van der Waals surface area contributed by atoms with Crippen LogP contribution in [0.1, 0.15) is 31.7 Å². The molecule has 2 aliphatic rings. The number of carbonyl (C=O) groups excluding carboxylic acids is 1. The van der Waals surface area contributed by atoms with Crippen molar-refractivity contribution in [1.82, 2.24) is 5.32 Å². The molecule has 4 heteroatoms. The fourth-order valence-corrected chi connectivity index (χ4v) is 4.17. The van der Waals surface area contributed by atoms with E-state index in [0.29, 0.717) is 12.8 Å². The summed E-state index contributed by atoms with van der Waals surface area (Å²) in [5.74, 6) is 0.996. The first-order chi connectivity index (χ1) is 11.2. The van der Waals surface area contributed by atoms with Crippen molar-refractivity contribution in [2.24, 2.45) is 5.92 Å². The molecule has 1 aromatic carbocycles. The molecule has 1 heterocycles. The van der Waals surface area contributed by atoms with Gasteiger partial charge < -0.3 is 5.32 Å². The summed E-state index contributed by atoms with van der Waals surface area (Å²) in [5, 5.41) is 14.0. The van der Waals surface area contributed by atoms with Crippen molar-refractivity contribution in [3.05, 3.63) is 57.8 Å². The molecule has 1 atom stereocenters. The van der Waals surface area contributed by atoms with Crippen LogP contribution in [0.15, 0.2) is 52.2 Å². The number of Topliss-reactive ketones (excluding diaryl/α,β-unsaturated/α-hetero) is 1. The monoisotopic (exact) mass is 324 g/mol. The Morgan fingerprint density at radius 2 is 2.09 bits per heavy atom. The van der Waals surface area contributed by atoms with Crippen molar-refractivity contribution in [2.45, 2.75) is 32.6 Å². The third-order valence-electron chi connectivity index (χ3n) is 4.35. The van der Waals surface area contributed by atoms with Gasteiger partial charge in [-0.1, -0.05) is 37.3 Å². The minimum absolute atomic E-state index is 0.111. The Kier molecular flexibility index (Phi) is 4.88. The summed E-state index contributed by atoms with van der Waals surface area (Å²) < 4.78 is 0. The number of dihydropyridines is 1. The quantitative estimate of drug-likeness (QED) is 0.911. The molecular weight excluding hydrogens is 304 g/mol. The van der Waals surface area contributed by atoms with E-state index in [1.165, 1.54) is 5.56 Å². The molecule has 0 bridgehead atoms.